The van der Waals surface area contributed by atoms with Gasteiger partial charge in [-0.25, -0.2) is 0 Å². The Kier molecular flexibility index (Phi) is 4.19. The Bertz CT molecular complexity index is 288. The van der Waals surface area contributed by atoms with Gasteiger partial charge in [0.2, 0.25) is 0 Å². The number of hydrogen-bond acceptors (Lipinski definition) is 2. The van der Waals surface area contributed by atoms with E-state index in [0.29, 0.717) is 17.1 Å². The van der Waals surface area contributed by atoms with E-state index in [2.05, 4.69) is 0 Å². The van der Waals surface area contributed by atoms with Crippen molar-refractivity contribution in [3.8, 4) is 0 Å². The molecular formula is C17H31NO. The van der Waals surface area contributed by atoms with Gasteiger partial charge in [-0.3, -0.25) is 0 Å². The van der Waals surface area contributed by atoms with Gasteiger partial charge in [0.25, 0.3) is 0 Å². The second-order valence-electron chi connectivity index (χ2n) is 7.49. The molecule has 1 aliphatic heterocycles. The normalized spacial score (nSPS) is 33.6. The summed E-state index contributed by atoms with van der Waals surface area (Å²) in [6.45, 7) is 0.875. The van der Waals surface area contributed by atoms with E-state index in [-0.39, 0.29) is 0 Å². The summed E-state index contributed by atoms with van der Waals surface area (Å²) in [5, 5.41) is 0. The topological polar surface area (TPSA) is 35.2 Å². The van der Waals surface area contributed by atoms with Gasteiger partial charge < -0.3 is 10.5 Å². The maximum Gasteiger partial charge on any atom is 0.0687 e. The standard InChI is InChI=1S/C17H31NO/c18-14-16(8-3-1-2-4-9-16)13-15-7-12-17(19-15)10-5-6-11-17/h15H,1-14,18H2. The molecule has 0 aromatic carbocycles. The van der Waals surface area contributed by atoms with Crippen molar-refractivity contribution in [2.24, 2.45) is 11.1 Å². The van der Waals surface area contributed by atoms with E-state index in [4.69, 9.17) is 10.5 Å². The van der Waals surface area contributed by atoms with Crippen molar-refractivity contribution in [3.63, 3.8) is 0 Å². The summed E-state index contributed by atoms with van der Waals surface area (Å²) in [6, 6.07) is 0. The molecule has 1 heterocycles. The maximum atomic E-state index is 6.52. The third-order valence-electron chi connectivity index (χ3n) is 6.11. The fraction of sp³-hybridized carbons (Fsp3) is 1.00. The second-order valence-corrected chi connectivity index (χ2v) is 7.49. The zero-order chi connectivity index (χ0) is 13.2. The van der Waals surface area contributed by atoms with Crippen LogP contribution in [0.4, 0.5) is 0 Å². The molecule has 3 rings (SSSR count). The van der Waals surface area contributed by atoms with Gasteiger partial charge in [-0.05, 0) is 56.9 Å². The van der Waals surface area contributed by atoms with Crippen LogP contribution in [0.2, 0.25) is 0 Å². The highest BCUT2D eigenvalue weighted by Gasteiger charge is 2.44. The predicted molar refractivity (Wildman–Crippen MR) is 79.1 cm³/mol. The van der Waals surface area contributed by atoms with Gasteiger partial charge in [0.05, 0.1) is 11.7 Å². The molecule has 2 aliphatic carbocycles. The molecular weight excluding hydrogens is 234 g/mol. The van der Waals surface area contributed by atoms with E-state index in [1.54, 1.807) is 0 Å². The van der Waals surface area contributed by atoms with E-state index in [1.165, 1.54) is 83.5 Å². The Morgan fingerprint density at radius 3 is 2.11 bits per heavy atom. The van der Waals surface area contributed by atoms with E-state index < -0.39 is 0 Å². The van der Waals surface area contributed by atoms with Crippen molar-refractivity contribution in [1.29, 1.82) is 0 Å². The van der Waals surface area contributed by atoms with E-state index >= 15 is 0 Å². The lowest BCUT2D eigenvalue weighted by Gasteiger charge is -2.35. The number of rotatable bonds is 3. The largest absolute Gasteiger partial charge is 0.372 e. The van der Waals surface area contributed by atoms with Crippen LogP contribution in [0.1, 0.15) is 83.5 Å². The molecule has 2 nitrogen and oxygen atoms in total. The summed E-state index contributed by atoms with van der Waals surface area (Å²) >= 11 is 0. The fourth-order valence-corrected chi connectivity index (χ4v) is 4.88. The zero-order valence-corrected chi connectivity index (χ0v) is 12.5. The summed E-state index contributed by atoms with van der Waals surface area (Å²) in [5.41, 5.74) is 6.88. The molecule has 0 bridgehead atoms. The molecule has 2 saturated carbocycles. The van der Waals surface area contributed by atoms with Crippen LogP contribution in [-0.4, -0.2) is 18.2 Å². The number of hydrogen-bond donors (Lipinski definition) is 1. The first-order valence-corrected chi connectivity index (χ1v) is 8.64. The van der Waals surface area contributed by atoms with Crippen LogP contribution >= 0.6 is 0 Å². The highest BCUT2D eigenvalue weighted by atomic mass is 16.5. The van der Waals surface area contributed by atoms with Gasteiger partial charge >= 0.3 is 0 Å². The third kappa shape index (κ3) is 3.00. The molecule has 2 heteroatoms. The lowest BCUT2D eigenvalue weighted by molar-refractivity contribution is -0.0544. The van der Waals surface area contributed by atoms with Gasteiger partial charge in [-0.2, -0.15) is 0 Å². The van der Waals surface area contributed by atoms with Crippen molar-refractivity contribution in [1.82, 2.24) is 0 Å². The summed E-state index contributed by atoms with van der Waals surface area (Å²) in [6.07, 6.45) is 18.1. The maximum absolute atomic E-state index is 6.52. The van der Waals surface area contributed by atoms with Crippen molar-refractivity contribution in [2.45, 2.75) is 95.2 Å². The Morgan fingerprint density at radius 2 is 1.47 bits per heavy atom. The molecule has 2 N–H and O–H groups in total. The monoisotopic (exact) mass is 265 g/mol. The lowest BCUT2D eigenvalue weighted by Crippen LogP contribution is -2.35. The number of nitrogens with two attached hydrogens (primary N) is 1. The van der Waals surface area contributed by atoms with Gasteiger partial charge in [0.1, 0.15) is 0 Å². The molecule has 0 amide bonds. The number of ether oxygens (including phenoxy) is 1. The van der Waals surface area contributed by atoms with Crippen molar-refractivity contribution in [3.05, 3.63) is 0 Å². The van der Waals surface area contributed by atoms with Crippen molar-refractivity contribution >= 4 is 0 Å². The minimum Gasteiger partial charge on any atom is -0.372 e. The van der Waals surface area contributed by atoms with Crippen molar-refractivity contribution in [2.75, 3.05) is 6.54 Å². The fourth-order valence-electron chi connectivity index (χ4n) is 4.88. The molecule has 3 aliphatic rings. The van der Waals surface area contributed by atoms with Gasteiger partial charge in [0.15, 0.2) is 0 Å². The quantitative estimate of drug-likeness (QED) is 0.777. The van der Waals surface area contributed by atoms with Crippen LogP contribution < -0.4 is 5.73 Å². The molecule has 1 unspecified atom stereocenters. The lowest BCUT2D eigenvalue weighted by atomic mass is 9.75. The van der Waals surface area contributed by atoms with E-state index in [0.717, 1.165) is 6.54 Å². The smallest absolute Gasteiger partial charge is 0.0687 e. The SMILES string of the molecule is NCC1(CC2CCC3(CCCC3)O2)CCCCCC1. The molecule has 0 radical (unpaired) electrons. The zero-order valence-electron chi connectivity index (χ0n) is 12.5. The Hall–Kier alpha value is -0.0800. The molecule has 1 spiro atoms. The first kappa shape index (κ1) is 13.9. The summed E-state index contributed by atoms with van der Waals surface area (Å²) < 4.78 is 6.52. The Balaban J connectivity index is 1.60. The van der Waals surface area contributed by atoms with Crippen LogP contribution in [0.25, 0.3) is 0 Å². The Morgan fingerprint density at radius 1 is 0.842 bits per heavy atom. The van der Waals surface area contributed by atoms with Crippen molar-refractivity contribution < 1.29 is 4.74 Å². The second kappa shape index (κ2) is 5.73. The highest BCUT2D eigenvalue weighted by Crippen LogP contribution is 2.47. The van der Waals surface area contributed by atoms with E-state index in [9.17, 15) is 0 Å². The van der Waals surface area contributed by atoms with Crippen LogP contribution in [0.3, 0.4) is 0 Å². The molecule has 0 aromatic rings. The predicted octanol–water partition coefficient (Wildman–Crippen LogP) is 4.17. The van der Waals surface area contributed by atoms with Gasteiger partial charge in [0, 0.05) is 0 Å². The summed E-state index contributed by atoms with van der Waals surface area (Å²) in [4.78, 5) is 0. The first-order valence-electron chi connectivity index (χ1n) is 8.64. The molecule has 3 fully saturated rings. The third-order valence-corrected chi connectivity index (χ3v) is 6.11. The molecule has 0 aromatic heterocycles. The summed E-state index contributed by atoms with van der Waals surface area (Å²) in [7, 11) is 0. The van der Waals surface area contributed by atoms with Gasteiger partial charge in [-0.15, -0.1) is 0 Å². The Labute approximate surface area is 118 Å². The van der Waals surface area contributed by atoms with Crippen LogP contribution in [0.5, 0.6) is 0 Å². The van der Waals surface area contributed by atoms with Crippen LogP contribution in [-0.2, 0) is 4.74 Å². The minimum absolute atomic E-state index is 0.297. The average Bonchev–Trinajstić information content (AvgIpc) is 2.97. The van der Waals surface area contributed by atoms with Crippen LogP contribution in [0.15, 0.2) is 0 Å². The van der Waals surface area contributed by atoms with Crippen LogP contribution in [0, 0.1) is 5.41 Å². The molecule has 110 valence electrons. The molecule has 19 heavy (non-hydrogen) atoms. The summed E-state index contributed by atoms with van der Waals surface area (Å²) in [5.74, 6) is 0. The van der Waals surface area contributed by atoms with Gasteiger partial charge in [-0.1, -0.05) is 38.5 Å². The first-order chi connectivity index (χ1) is 9.26. The average molecular weight is 265 g/mol. The molecule has 1 saturated heterocycles. The minimum atomic E-state index is 0.297. The highest BCUT2D eigenvalue weighted by molar-refractivity contribution is 4.95. The molecule has 1 atom stereocenters. The van der Waals surface area contributed by atoms with E-state index in [1.807, 2.05) is 0 Å².